The van der Waals surface area contributed by atoms with Crippen LogP contribution in [0.2, 0.25) is 0 Å². The minimum Gasteiger partial charge on any atom is -0.497 e. The van der Waals surface area contributed by atoms with Gasteiger partial charge < -0.3 is 19.5 Å². The van der Waals surface area contributed by atoms with Crippen molar-refractivity contribution < 1.29 is 32.2 Å². The molecule has 0 saturated heterocycles. The maximum Gasteiger partial charge on any atom is 0.416 e. The summed E-state index contributed by atoms with van der Waals surface area (Å²) < 4.78 is 63.2. The van der Waals surface area contributed by atoms with Gasteiger partial charge in [0.2, 0.25) is 0 Å². The second-order valence-electron chi connectivity index (χ2n) is 22.2. The van der Waals surface area contributed by atoms with Crippen molar-refractivity contribution in [2.75, 3.05) is 19.0 Å². The van der Waals surface area contributed by atoms with Crippen LogP contribution in [-0.2, 0) is 17.2 Å². The first kappa shape index (κ1) is 52.5. The Morgan fingerprint density at radius 2 is 1.28 bits per heavy atom. The van der Waals surface area contributed by atoms with Crippen LogP contribution in [0.25, 0.3) is 50.2 Å². The predicted octanol–water partition coefficient (Wildman–Crippen LogP) is 19.1. The van der Waals surface area contributed by atoms with Gasteiger partial charge in [0.05, 0.1) is 19.3 Å². The van der Waals surface area contributed by atoms with E-state index in [1.165, 1.54) is 69.1 Å². The van der Waals surface area contributed by atoms with Gasteiger partial charge in [0.1, 0.15) is 17.2 Å². The first-order valence-corrected chi connectivity index (χ1v) is 28.0. The molecule has 1 fully saturated rings. The molecule has 2 aliphatic carbocycles. The van der Waals surface area contributed by atoms with Gasteiger partial charge in [-0.1, -0.05) is 157 Å². The van der Waals surface area contributed by atoms with Crippen LogP contribution in [0, 0.1) is 5.92 Å². The van der Waals surface area contributed by atoms with Crippen LogP contribution in [0.1, 0.15) is 147 Å². The molecule has 0 aromatic heterocycles. The third-order valence-corrected chi connectivity index (χ3v) is 16.9. The van der Waals surface area contributed by atoms with E-state index in [1.54, 1.807) is 13.2 Å². The van der Waals surface area contributed by atoms with Gasteiger partial charge in [0.25, 0.3) is 5.91 Å². The second-order valence-corrected chi connectivity index (χ2v) is 22.2. The number of benzene rings is 8. The highest BCUT2D eigenvalue weighted by atomic mass is 19.4. The molecule has 78 heavy (non-hydrogen) atoms. The van der Waals surface area contributed by atoms with Crippen molar-refractivity contribution >= 4 is 28.4 Å². The highest BCUT2D eigenvalue weighted by Gasteiger charge is 2.45. The largest absolute Gasteiger partial charge is 0.497 e. The van der Waals surface area contributed by atoms with E-state index in [2.05, 4.69) is 87.6 Å². The predicted molar refractivity (Wildman–Crippen MR) is 311 cm³/mol. The van der Waals surface area contributed by atoms with Crippen molar-refractivity contribution in [3.05, 3.63) is 208 Å². The number of halogens is 3. The number of methoxy groups -OCH3 is 1. The quantitative estimate of drug-likeness (QED) is 0.0980. The number of hydrogen-bond donors (Lipinski definition) is 1. The highest BCUT2D eigenvalue weighted by molar-refractivity contribution is 6.09. The van der Waals surface area contributed by atoms with Crippen molar-refractivity contribution in [1.29, 1.82) is 0 Å². The maximum absolute atomic E-state index is 14.8. The van der Waals surface area contributed by atoms with Gasteiger partial charge in [-0.15, -0.1) is 0 Å². The van der Waals surface area contributed by atoms with E-state index in [1.807, 2.05) is 97.1 Å². The molecule has 1 amide bonds. The molecule has 8 heteroatoms. The molecule has 1 saturated carbocycles. The zero-order valence-corrected chi connectivity index (χ0v) is 45.4. The molecule has 1 aliphatic heterocycles. The van der Waals surface area contributed by atoms with Crippen molar-refractivity contribution in [2.45, 2.75) is 115 Å². The number of alkyl halides is 3. The van der Waals surface area contributed by atoms with E-state index < -0.39 is 22.8 Å². The smallest absolute Gasteiger partial charge is 0.416 e. The molecule has 11 rings (SSSR count). The number of fused-ring (bicyclic) bond motifs is 8. The van der Waals surface area contributed by atoms with E-state index in [4.69, 9.17) is 14.2 Å². The highest BCUT2D eigenvalue weighted by Crippen LogP contribution is 2.59. The Morgan fingerprint density at radius 3 is 1.92 bits per heavy atom. The van der Waals surface area contributed by atoms with Crippen LogP contribution in [0.15, 0.2) is 164 Å². The number of ether oxygens (including phenoxy) is 3. The van der Waals surface area contributed by atoms with E-state index in [-0.39, 0.29) is 5.91 Å². The van der Waals surface area contributed by atoms with Gasteiger partial charge in [-0.2, -0.15) is 13.2 Å². The summed E-state index contributed by atoms with van der Waals surface area (Å²) in [7, 11) is 1.61. The molecule has 0 bridgehead atoms. The molecule has 1 unspecified atom stereocenters. The summed E-state index contributed by atoms with van der Waals surface area (Å²) >= 11 is 0. The van der Waals surface area contributed by atoms with Crippen molar-refractivity contribution in [2.24, 2.45) is 5.92 Å². The molecule has 8 aromatic rings. The Hall–Kier alpha value is -7.58. The molecule has 0 radical (unpaired) electrons. The van der Waals surface area contributed by atoms with Crippen LogP contribution in [0.5, 0.6) is 17.2 Å². The molecule has 0 spiro atoms. The van der Waals surface area contributed by atoms with Crippen molar-refractivity contribution in [1.82, 2.24) is 0 Å². The fourth-order valence-electron chi connectivity index (χ4n) is 12.5. The van der Waals surface area contributed by atoms with Gasteiger partial charge in [0.15, 0.2) is 5.60 Å². The Kier molecular flexibility index (Phi) is 14.6. The summed E-state index contributed by atoms with van der Waals surface area (Å²) in [6.45, 7) is 9.33. The number of carbonyl (C=O) groups is 1. The Balaban J connectivity index is 0.865. The fourth-order valence-corrected chi connectivity index (χ4v) is 12.5. The van der Waals surface area contributed by atoms with Crippen molar-refractivity contribution in [3.8, 4) is 50.6 Å². The second kappa shape index (κ2) is 21.7. The number of carbonyl (C=O) groups excluding carboxylic acids is 1. The van der Waals surface area contributed by atoms with Crippen LogP contribution in [0.3, 0.4) is 0 Å². The third kappa shape index (κ3) is 10.1. The summed E-state index contributed by atoms with van der Waals surface area (Å²) in [5.74, 6) is 3.11. The lowest BCUT2D eigenvalue weighted by Gasteiger charge is -2.38. The Morgan fingerprint density at radius 1 is 0.667 bits per heavy atom. The van der Waals surface area contributed by atoms with Gasteiger partial charge in [-0.05, 0) is 172 Å². The van der Waals surface area contributed by atoms with Crippen LogP contribution in [-0.4, -0.2) is 19.6 Å². The molecular formula is C70H68F3NO4. The first-order valence-electron chi connectivity index (χ1n) is 28.0. The van der Waals surface area contributed by atoms with E-state index in [0.717, 1.165) is 85.7 Å². The van der Waals surface area contributed by atoms with Gasteiger partial charge in [-0.3, -0.25) is 4.79 Å². The Bertz CT molecular complexity index is 3480. The number of rotatable bonds is 16. The van der Waals surface area contributed by atoms with Gasteiger partial charge in [0, 0.05) is 38.7 Å². The molecule has 1 N–H and O–H groups in total. The first-order chi connectivity index (χ1) is 37.8. The van der Waals surface area contributed by atoms with Gasteiger partial charge >= 0.3 is 6.18 Å². The number of amides is 1. The minimum absolute atomic E-state index is 0.211. The standard InChI is InChI=1S/C70H68F3NO4/c1-6-8-10-11-45-12-14-46(15-13-45)47-16-18-48(19-17-47)49-24-32-56(33-25-49)74-67(75)51-22-20-50(21-23-51)52-26-39-63-62(43-52)64-59-38-31-55(70(71,72)73)44-61(59)66-60(65(64)68(63,3)4)40-41-69(78-66,53-27-34-57(76-5)35-28-53)54-29-36-58(37-30-54)77-42-9-7-2/h16-41,43-46H,6-15,42H2,1-5H3,(H,74,75)/t45-,46-,69?. The fraction of sp³-hybridized carbons (Fsp3) is 0.300. The summed E-state index contributed by atoms with van der Waals surface area (Å²) in [5.41, 5.74) is 10.4. The minimum atomic E-state index is -4.59. The maximum atomic E-state index is 14.8. The molecule has 8 aromatic carbocycles. The lowest BCUT2D eigenvalue weighted by molar-refractivity contribution is -0.137. The monoisotopic (exact) mass is 1040 g/mol. The number of nitrogens with one attached hydrogen (secondary N) is 1. The van der Waals surface area contributed by atoms with Gasteiger partial charge in [-0.25, -0.2) is 0 Å². The molecule has 398 valence electrons. The molecule has 1 heterocycles. The van der Waals surface area contributed by atoms with E-state index in [9.17, 15) is 18.0 Å². The van der Waals surface area contributed by atoms with Crippen LogP contribution < -0.4 is 19.5 Å². The molecule has 3 aliphatic rings. The number of unbranched alkanes of at least 4 members (excludes halogenated alkanes) is 3. The lowest BCUT2D eigenvalue weighted by Crippen LogP contribution is -2.35. The average Bonchev–Trinajstić information content (AvgIpc) is 3.83. The summed E-state index contributed by atoms with van der Waals surface area (Å²) in [5, 5.41) is 4.11. The number of hydrogen-bond acceptors (Lipinski definition) is 4. The molecular weight excluding hydrogens is 976 g/mol. The molecule has 5 nitrogen and oxygen atoms in total. The van der Waals surface area contributed by atoms with Crippen molar-refractivity contribution in [3.63, 3.8) is 0 Å². The normalized spacial score (nSPS) is 18.2. The van der Waals surface area contributed by atoms with E-state index in [0.29, 0.717) is 46.0 Å². The van der Waals surface area contributed by atoms with E-state index >= 15 is 0 Å². The third-order valence-electron chi connectivity index (χ3n) is 16.9. The average molecular weight is 1040 g/mol. The zero-order chi connectivity index (χ0) is 54.2. The number of anilines is 1. The topological polar surface area (TPSA) is 56.8 Å². The summed E-state index contributed by atoms with van der Waals surface area (Å²) in [6.07, 6.45) is 12.1. The summed E-state index contributed by atoms with van der Waals surface area (Å²) in [6, 6.07) is 50.4. The summed E-state index contributed by atoms with van der Waals surface area (Å²) in [4.78, 5) is 13.7. The lowest BCUT2D eigenvalue weighted by atomic mass is 9.76. The van der Waals surface area contributed by atoms with Crippen LogP contribution >= 0.6 is 0 Å². The zero-order valence-electron chi connectivity index (χ0n) is 45.4. The Labute approximate surface area is 457 Å². The SMILES string of the molecule is CCCCC[C@H]1CC[C@H](c2ccc(-c3ccc(NC(=O)c4ccc(-c5ccc6c(c5)-c5c(c7c(c8cc(C(F)(F)F)ccc58)OC(c5ccc(OC)cc5)(c5ccc(OCCCC)cc5)C=C7)C6(C)C)cc4)cc3)cc2)CC1. The van der Waals surface area contributed by atoms with Crippen LogP contribution in [0.4, 0.5) is 18.9 Å². The molecule has 1 atom stereocenters.